The number of nitrogens with zero attached hydrogens (tertiary/aromatic N) is 3. The van der Waals surface area contributed by atoms with Crippen LogP contribution in [0.15, 0.2) is 18.3 Å². The molecule has 2 N–H and O–H groups in total. The molecule has 1 aliphatic heterocycles. The standard InChI is InChI=1S/C11H15N5O/c17-11(13-8-3-1-2-4-8)10-7-16(15-14-10)9-5-12-6-9/h1-2,7-9,12H,3-6H2,(H,13,17). The van der Waals surface area contributed by atoms with Gasteiger partial charge in [0.2, 0.25) is 0 Å². The third kappa shape index (κ3) is 2.08. The summed E-state index contributed by atoms with van der Waals surface area (Å²) in [5.41, 5.74) is 0.406. The Labute approximate surface area is 99.1 Å². The van der Waals surface area contributed by atoms with Gasteiger partial charge in [-0.15, -0.1) is 5.10 Å². The van der Waals surface area contributed by atoms with Crippen LogP contribution >= 0.6 is 0 Å². The highest BCUT2D eigenvalue weighted by molar-refractivity contribution is 5.92. The summed E-state index contributed by atoms with van der Waals surface area (Å²) in [5.74, 6) is -0.128. The summed E-state index contributed by atoms with van der Waals surface area (Å²) in [7, 11) is 0. The van der Waals surface area contributed by atoms with E-state index in [-0.39, 0.29) is 11.9 Å². The Morgan fingerprint density at radius 3 is 2.82 bits per heavy atom. The molecule has 2 aliphatic rings. The van der Waals surface area contributed by atoms with Crippen LogP contribution in [0.4, 0.5) is 0 Å². The minimum Gasteiger partial charge on any atom is -0.347 e. The topological polar surface area (TPSA) is 71.8 Å². The highest BCUT2D eigenvalue weighted by Crippen LogP contribution is 2.12. The zero-order chi connectivity index (χ0) is 11.7. The lowest BCUT2D eigenvalue weighted by Crippen LogP contribution is -2.43. The number of hydrogen-bond donors (Lipinski definition) is 2. The molecule has 0 unspecified atom stereocenters. The van der Waals surface area contributed by atoms with Crippen LogP contribution in [0.5, 0.6) is 0 Å². The first-order chi connectivity index (χ1) is 8.33. The second kappa shape index (κ2) is 4.29. The van der Waals surface area contributed by atoms with Crippen molar-refractivity contribution in [3.05, 3.63) is 24.0 Å². The predicted octanol–water partition coefficient (Wildman–Crippen LogP) is -0.129. The van der Waals surface area contributed by atoms with Crippen LogP contribution in [0.2, 0.25) is 0 Å². The van der Waals surface area contributed by atoms with Crippen LogP contribution in [0.3, 0.4) is 0 Å². The van der Waals surface area contributed by atoms with Gasteiger partial charge in [0, 0.05) is 19.1 Å². The third-order valence-corrected chi connectivity index (χ3v) is 3.22. The van der Waals surface area contributed by atoms with E-state index in [1.807, 2.05) is 0 Å². The Balaban J connectivity index is 1.62. The van der Waals surface area contributed by atoms with E-state index >= 15 is 0 Å². The van der Waals surface area contributed by atoms with E-state index in [0.29, 0.717) is 11.7 Å². The van der Waals surface area contributed by atoms with Gasteiger partial charge in [-0.3, -0.25) is 4.79 Å². The second-order valence-corrected chi connectivity index (χ2v) is 4.51. The lowest BCUT2D eigenvalue weighted by molar-refractivity contribution is 0.0934. The van der Waals surface area contributed by atoms with E-state index in [4.69, 9.17) is 0 Å². The van der Waals surface area contributed by atoms with Crippen LogP contribution in [0.1, 0.15) is 29.4 Å². The van der Waals surface area contributed by atoms with Crippen LogP contribution < -0.4 is 10.6 Å². The van der Waals surface area contributed by atoms with Gasteiger partial charge in [-0.1, -0.05) is 17.4 Å². The average Bonchev–Trinajstić information content (AvgIpc) is 2.85. The molecular formula is C11H15N5O. The van der Waals surface area contributed by atoms with Gasteiger partial charge in [-0.2, -0.15) is 0 Å². The van der Waals surface area contributed by atoms with E-state index in [2.05, 4.69) is 33.1 Å². The van der Waals surface area contributed by atoms with Crippen LogP contribution in [0, 0.1) is 0 Å². The van der Waals surface area contributed by atoms with E-state index in [1.54, 1.807) is 10.9 Å². The molecule has 0 aromatic carbocycles. The summed E-state index contributed by atoms with van der Waals surface area (Å²) < 4.78 is 1.76. The van der Waals surface area contributed by atoms with Crippen molar-refractivity contribution in [2.24, 2.45) is 0 Å². The summed E-state index contributed by atoms with van der Waals surface area (Å²) in [5, 5.41) is 14.0. The smallest absolute Gasteiger partial charge is 0.273 e. The number of amides is 1. The van der Waals surface area contributed by atoms with Crippen LogP contribution in [-0.4, -0.2) is 40.0 Å². The summed E-state index contributed by atoms with van der Waals surface area (Å²) in [6.45, 7) is 1.80. The molecule has 0 spiro atoms. The molecule has 6 nitrogen and oxygen atoms in total. The average molecular weight is 233 g/mol. The summed E-state index contributed by atoms with van der Waals surface area (Å²) in [4.78, 5) is 11.9. The van der Waals surface area contributed by atoms with Crippen molar-refractivity contribution < 1.29 is 4.79 Å². The van der Waals surface area contributed by atoms with E-state index < -0.39 is 0 Å². The molecule has 1 saturated heterocycles. The Morgan fingerprint density at radius 1 is 1.41 bits per heavy atom. The van der Waals surface area contributed by atoms with Crippen molar-refractivity contribution in [2.45, 2.75) is 24.9 Å². The van der Waals surface area contributed by atoms with Gasteiger partial charge in [0.1, 0.15) is 0 Å². The molecule has 0 radical (unpaired) electrons. The largest absolute Gasteiger partial charge is 0.347 e. The molecular weight excluding hydrogens is 218 g/mol. The van der Waals surface area contributed by atoms with Gasteiger partial charge in [-0.25, -0.2) is 4.68 Å². The van der Waals surface area contributed by atoms with Crippen molar-refractivity contribution in [1.29, 1.82) is 0 Å². The monoisotopic (exact) mass is 233 g/mol. The summed E-state index contributed by atoms with van der Waals surface area (Å²) >= 11 is 0. The Morgan fingerprint density at radius 2 is 2.18 bits per heavy atom. The highest BCUT2D eigenvalue weighted by Gasteiger charge is 2.22. The molecule has 6 heteroatoms. The van der Waals surface area contributed by atoms with E-state index in [1.165, 1.54) is 0 Å². The molecule has 1 amide bonds. The maximum Gasteiger partial charge on any atom is 0.273 e. The fourth-order valence-electron chi connectivity index (χ4n) is 2.01. The Bertz CT molecular complexity index is 440. The second-order valence-electron chi connectivity index (χ2n) is 4.51. The zero-order valence-corrected chi connectivity index (χ0v) is 9.47. The minimum atomic E-state index is -0.128. The number of aromatic nitrogens is 3. The number of hydrogen-bond acceptors (Lipinski definition) is 4. The highest BCUT2D eigenvalue weighted by atomic mass is 16.2. The molecule has 0 atom stereocenters. The number of rotatable bonds is 3. The predicted molar refractivity (Wildman–Crippen MR) is 61.6 cm³/mol. The van der Waals surface area contributed by atoms with Gasteiger partial charge < -0.3 is 10.6 Å². The van der Waals surface area contributed by atoms with Crippen LogP contribution in [0.25, 0.3) is 0 Å². The van der Waals surface area contributed by atoms with Crippen molar-refractivity contribution in [3.8, 4) is 0 Å². The van der Waals surface area contributed by atoms with Gasteiger partial charge in [0.05, 0.1) is 12.2 Å². The fraction of sp³-hybridized carbons (Fsp3) is 0.545. The molecule has 0 saturated carbocycles. The normalized spacial score (nSPS) is 20.5. The lowest BCUT2D eigenvalue weighted by atomic mass is 10.2. The van der Waals surface area contributed by atoms with Crippen molar-refractivity contribution in [3.63, 3.8) is 0 Å². The Hall–Kier alpha value is -1.69. The summed E-state index contributed by atoms with van der Waals surface area (Å²) in [6, 6.07) is 0.565. The maximum absolute atomic E-state index is 11.9. The molecule has 0 bridgehead atoms. The molecule has 3 rings (SSSR count). The van der Waals surface area contributed by atoms with E-state index in [9.17, 15) is 4.79 Å². The molecule has 90 valence electrons. The zero-order valence-electron chi connectivity index (χ0n) is 9.47. The SMILES string of the molecule is O=C(NC1CC=CC1)c1cn(C2CNC2)nn1. The first-order valence-electron chi connectivity index (χ1n) is 5.91. The van der Waals surface area contributed by atoms with Crippen LogP contribution in [-0.2, 0) is 0 Å². The first-order valence-corrected chi connectivity index (χ1v) is 5.91. The van der Waals surface area contributed by atoms with Crippen molar-refractivity contribution in [1.82, 2.24) is 25.6 Å². The lowest BCUT2D eigenvalue weighted by Gasteiger charge is -2.26. The molecule has 1 fully saturated rings. The van der Waals surface area contributed by atoms with Gasteiger partial charge in [0.15, 0.2) is 5.69 Å². The minimum absolute atomic E-state index is 0.128. The quantitative estimate of drug-likeness (QED) is 0.713. The van der Waals surface area contributed by atoms with Gasteiger partial charge >= 0.3 is 0 Å². The fourth-order valence-corrected chi connectivity index (χ4v) is 2.01. The van der Waals surface area contributed by atoms with Gasteiger partial charge in [-0.05, 0) is 12.8 Å². The van der Waals surface area contributed by atoms with Crippen molar-refractivity contribution in [2.75, 3.05) is 13.1 Å². The maximum atomic E-state index is 11.9. The first kappa shape index (κ1) is 10.5. The summed E-state index contributed by atoms with van der Waals surface area (Å²) in [6.07, 6.45) is 7.71. The molecule has 2 heterocycles. The molecule has 1 aliphatic carbocycles. The Kier molecular flexibility index (Phi) is 2.64. The van der Waals surface area contributed by atoms with Crippen molar-refractivity contribution >= 4 is 5.91 Å². The van der Waals surface area contributed by atoms with Gasteiger partial charge in [0.25, 0.3) is 5.91 Å². The number of carbonyl (C=O) groups excluding carboxylic acids is 1. The number of carbonyl (C=O) groups is 1. The number of nitrogens with one attached hydrogen (secondary N) is 2. The third-order valence-electron chi connectivity index (χ3n) is 3.22. The van der Waals surface area contributed by atoms with E-state index in [0.717, 1.165) is 25.9 Å². The molecule has 1 aromatic heterocycles. The molecule has 1 aromatic rings. The molecule has 17 heavy (non-hydrogen) atoms.